The summed E-state index contributed by atoms with van der Waals surface area (Å²) in [4.78, 5) is 102. The van der Waals surface area contributed by atoms with E-state index in [4.69, 9.17) is 32.8 Å². The van der Waals surface area contributed by atoms with Gasteiger partial charge in [-0.3, -0.25) is 29.0 Å². The van der Waals surface area contributed by atoms with Crippen LogP contribution in [0, 0.1) is 28.1 Å². The zero-order chi connectivity index (χ0) is 45.4. The average Bonchev–Trinajstić information content (AvgIpc) is 3.77. The van der Waals surface area contributed by atoms with E-state index in [-0.39, 0.29) is 16.7 Å². The van der Waals surface area contributed by atoms with Gasteiger partial charge in [0.2, 0.25) is 0 Å². The van der Waals surface area contributed by atoms with Gasteiger partial charge in [0.1, 0.15) is 18.3 Å². The van der Waals surface area contributed by atoms with Crippen LogP contribution in [0.3, 0.4) is 0 Å². The molecule has 2 aliphatic carbocycles. The highest BCUT2D eigenvalue weighted by Gasteiger charge is 2.78. The summed E-state index contributed by atoms with van der Waals surface area (Å²) in [5.74, 6) is -9.45. The van der Waals surface area contributed by atoms with Gasteiger partial charge in [0.25, 0.3) is 0 Å². The number of hydrogen-bond donors (Lipinski definition) is 1. The van der Waals surface area contributed by atoms with Gasteiger partial charge in [-0.15, -0.1) is 0 Å². The van der Waals surface area contributed by atoms with Crippen molar-refractivity contribution in [1.82, 2.24) is 4.98 Å². The summed E-state index contributed by atoms with van der Waals surface area (Å²) in [6.07, 6.45) is -2.17. The van der Waals surface area contributed by atoms with Crippen molar-refractivity contribution in [2.24, 2.45) is 28.1 Å². The molecule has 2 saturated carbocycles. The number of aliphatic hydroxyl groups is 1. The maximum Gasteiger partial charge on any atom is 0.340 e. The lowest BCUT2D eigenvalue weighted by Gasteiger charge is -2.65. The number of furan rings is 1. The molecule has 0 unspecified atom stereocenters. The molecule has 1 aliphatic heterocycles. The van der Waals surface area contributed by atoms with Crippen molar-refractivity contribution >= 4 is 47.7 Å². The largest absolute Gasteiger partial charge is 0.472 e. The highest BCUT2D eigenvalue weighted by molar-refractivity contribution is 5.96. The molecule has 62 heavy (non-hydrogen) atoms. The Labute approximate surface area is 357 Å². The molecule has 328 valence electrons. The van der Waals surface area contributed by atoms with Gasteiger partial charge >= 0.3 is 35.8 Å². The lowest BCUT2D eigenvalue weighted by atomic mass is 9.42. The van der Waals surface area contributed by atoms with Crippen molar-refractivity contribution < 1.29 is 71.5 Å². The Morgan fingerprint density at radius 3 is 2.26 bits per heavy atom. The van der Waals surface area contributed by atoms with Gasteiger partial charge in [-0.1, -0.05) is 57.7 Å². The molecule has 1 aromatic carbocycles. The van der Waals surface area contributed by atoms with Crippen LogP contribution < -0.4 is 0 Å². The Hall–Kier alpha value is -6.42. The molecule has 3 heterocycles. The number of fused-ring (bicyclic) bond motifs is 1. The Bertz CT molecular complexity index is 2270. The molecular weight excluding hydrogens is 806 g/mol. The number of cyclic esters (lactones) is 1. The normalized spacial score (nSPS) is 31.5. The number of carbonyl (C=O) groups is 7. The Morgan fingerprint density at radius 2 is 1.66 bits per heavy atom. The van der Waals surface area contributed by atoms with E-state index in [2.05, 4.69) is 11.6 Å². The summed E-state index contributed by atoms with van der Waals surface area (Å²) in [6.45, 7) is 12.6. The smallest absolute Gasteiger partial charge is 0.340 e. The minimum Gasteiger partial charge on any atom is -0.472 e. The highest BCUT2D eigenvalue weighted by atomic mass is 16.6. The minimum atomic E-state index is -2.23. The number of ether oxygens (including phenoxy) is 6. The van der Waals surface area contributed by atoms with Crippen LogP contribution in [0.1, 0.15) is 82.0 Å². The molecule has 3 fully saturated rings. The number of carbonyl (C=O) groups excluding carboxylic acids is 7. The van der Waals surface area contributed by atoms with E-state index >= 15 is 4.79 Å². The number of benzene rings is 1. The van der Waals surface area contributed by atoms with E-state index in [1.54, 1.807) is 44.2 Å². The Balaban J connectivity index is 1.64. The first-order valence-electron chi connectivity index (χ1n) is 19.8. The fourth-order valence-electron chi connectivity index (χ4n) is 10.0. The Kier molecular flexibility index (Phi) is 12.5. The maximum absolute atomic E-state index is 15.9. The van der Waals surface area contributed by atoms with Crippen molar-refractivity contribution in [2.45, 2.75) is 90.5 Å². The van der Waals surface area contributed by atoms with Gasteiger partial charge in [0, 0.05) is 49.7 Å². The molecular formula is C46H49NO15. The standard InChI is InChI=1S/C46H49NO15/c1-25-35(36(53)40(58-26(2)48)45(7)39(30-18-20-57-24-30)60-34(52)22-46(25,45)62-27(3)49)44(6)31(21-33(51)56-8)43(4,5)38(54)37(41(44)61-42(55)29-15-12-19-47-23-29)59-32(50)17-16-28-13-10-9-11-14-28/h9-20,23-24,31,35,37-41,54H,1,21-22H2,2-8H3/b17-16+/t31-,35-,37+,38-,39+,40+,41+,44+,45-,46-/m1/s1. The zero-order valence-corrected chi connectivity index (χ0v) is 35.4. The first-order valence-corrected chi connectivity index (χ1v) is 19.8. The monoisotopic (exact) mass is 855 g/mol. The van der Waals surface area contributed by atoms with Crippen LogP contribution in [-0.2, 0) is 57.2 Å². The van der Waals surface area contributed by atoms with Crippen LogP contribution in [0.2, 0.25) is 0 Å². The molecule has 0 spiro atoms. The van der Waals surface area contributed by atoms with Gasteiger partial charge < -0.3 is 37.9 Å². The average molecular weight is 856 g/mol. The first kappa shape index (κ1) is 45.1. The second-order valence-corrected chi connectivity index (χ2v) is 16.8. The van der Waals surface area contributed by atoms with E-state index in [0.29, 0.717) is 5.56 Å². The number of Topliss-reactive ketones (excluding diaryl/α,β-unsaturated/α-hetero) is 1. The number of hydrogen-bond acceptors (Lipinski definition) is 16. The number of esters is 6. The molecule has 3 aromatic rings. The summed E-state index contributed by atoms with van der Waals surface area (Å²) in [7, 11) is 1.14. The van der Waals surface area contributed by atoms with Crippen LogP contribution in [0.15, 0.2) is 96.1 Å². The molecule has 1 N–H and O–H groups in total. The van der Waals surface area contributed by atoms with Gasteiger partial charge in [0.05, 0.1) is 43.0 Å². The van der Waals surface area contributed by atoms with Gasteiger partial charge in [0.15, 0.2) is 23.6 Å². The molecule has 3 aliphatic rings. The molecule has 0 radical (unpaired) electrons. The van der Waals surface area contributed by atoms with Crippen molar-refractivity contribution in [2.75, 3.05) is 7.11 Å². The third-order valence-corrected chi connectivity index (χ3v) is 12.9. The van der Waals surface area contributed by atoms with Crippen molar-refractivity contribution in [3.8, 4) is 0 Å². The predicted molar refractivity (Wildman–Crippen MR) is 215 cm³/mol. The summed E-state index contributed by atoms with van der Waals surface area (Å²) in [5, 5.41) is 12.4. The molecule has 0 bridgehead atoms. The maximum atomic E-state index is 15.9. The Morgan fingerprint density at radius 1 is 0.952 bits per heavy atom. The second kappa shape index (κ2) is 17.2. The van der Waals surface area contributed by atoms with Crippen LogP contribution in [0.4, 0.5) is 0 Å². The van der Waals surface area contributed by atoms with Gasteiger partial charge in [-0.05, 0) is 53.7 Å². The lowest BCUT2D eigenvalue weighted by molar-refractivity contribution is -0.266. The fourth-order valence-corrected chi connectivity index (χ4v) is 10.0. The van der Waals surface area contributed by atoms with Crippen molar-refractivity contribution in [3.63, 3.8) is 0 Å². The number of aromatic nitrogens is 1. The number of methoxy groups -OCH3 is 1. The minimum absolute atomic E-state index is 0.0683. The summed E-state index contributed by atoms with van der Waals surface area (Å²) < 4.78 is 40.9. The summed E-state index contributed by atoms with van der Waals surface area (Å²) in [6, 6.07) is 13.1. The zero-order valence-electron chi connectivity index (χ0n) is 35.4. The van der Waals surface area contributed by atoms with E-state index in [0.717, 1.165) is 27.0 Å². The molecule has 1 saturated heterocycles. The van der Waals surface area contributed by atoms with Crippen LogP contribution in [0.5, 0.6) is 0 Å². The second-order valence-electron chi connectivity index (χ2n) is 16.8. The van der Waals surface area contributed by atoms with E-state index in [1.165, 1.54) is 63.0 Å². The van der Waals surface area contributed by atoms with Gasteiger partial charge in [-0.2, -0.15) is 0 Å². The van der Waals surface area contributed by atoms with Gasteiger partial charge in [-0.25, -0.2) is 9.59 Å². The third kappa shape index (κ3) is 7.71. The van der Waals surface area contributed by atoms with Crippen molar-refractivity contribution in [1.29, 1.82) is 0 Å². The van der Waals surface area contributed by atoms with E-state index in [9.17, 15) is 33.9 Å². The van der Waals surface area contributed by atoms with Crippen molar-refractivity contribution in [3.05, 3.63) is 108 Å². The molecule has 16 heteroatoms. The predicted octanol–water partition coefficient (Wildman–Crippen LogP) is 5.09. The number of aliphatic hydroxyl groups excluding tert-OH is 1. The topological polar surface area (TPSA) is 221 Å². The molecule has 0 amide bonds. The SMILES string of the molecule is C=C1[C@@H]([C@]2(C)[C@H](CC(=O)OC)C(C)(C)[C@H](O)[C@H](OC(=O)/C=C/c3ccccc3)[C@@H]2OC(=O)c2cccnc2)C(=O)[C@H](OC(C)=O)[C@@]2(C)[C@H](c3ccoc3)OC(=O)C[C@@]12OC(C)=O. The van der Waals surface area contributed by atoms with E-state index < -0.39 is 119 Å². The summed E-state index contributed by atoms with van der Waals surface area (Å²) in [5.41, 5.74) is -7.14. The highest BCUT2D eigenvalue weighted by Crippen LogP contribution is 2.68. The number of pyridine rings is 1. The third-order valence-electron chi connectivity index (χ3n) is 12.9. The molecule has 6 rings (SSSR count). The molecule has 2 aromatic heterocycles. The number of nitrogens with zero attached hydrogens (tertiary/aromatic N) is 1. The van der Waals surface area contributed by atoms with Crippen LogP contribution in [-0.4, -0.2) is 88.8 Å². The number of ketones is 1. The fraction of sp³-hybridized carbons (Fsp3) is 0.435. The quantitative estimate of drug-likeness (QED) is 0.115. The number of rotatable bonds is 11. The van der Waals surface area contributed by atoms with E-state index in [1.807, 2.05) is 0 Å². The first-order chi connectivity index (χ1) is 29.2. The van der Waals surface area contributed by atoms with Crippen LogP contribution >= 0.6 is 0 Å². The van der Waals surface area contributed by atoms with Crippen LogP contribution in [0.25, 0.3) is 6.08 Å². The molecule has 16 nitrogen and oxygen atoms in total. The molecule has 10 atom stereocenters. The lowest BCUT2D eigenvalue weighted by Crippen LogP contribution is -2.76. The summed E-state index contributed by atoms with van der Waals surface area (Å²) >= 11 is 0.